The van der Waals surface area contributed by atoms with Crippen molar-refractivity contribution in [2.45, 2.75) is 19.8 Å². The second-order valence-electron chi connectivity index (χ2n) is 3.97. The van der Waals surface area contributed by atoms with Crippen LogP contribution in [0.25, 0.3) is 0 Å². The highest BCUT2D eigenvalue weighted by atomic mass is 79.9. The van der Waals surface area contributed by atoms with Crippen LogP contribution in [-0.4, -0.2) is 10.9 Å². The first-order valence-corrected chi connectivity index (χ1v) is 7.27. The molecule has 2 aromatic rings. The minimum atomic E-state index is 0.00401. The lowest BCUT2D eigenvalue weighted by Crippen LogP contribution is -2.12. The summed E-state index contributed by atoms with van der Waals surface area (Å²) in [5, 5.41) is 5.40. The van der Waals surface area contributed by atoms with Gasteiger partial charge in [0, 0.05) is 16.3 Å². The van der Waals surface area contributed by atoms with E-state index in [2.05, 4.69) is 26.2 Å². The van der Waals surface area contributed by atoms with Crippen molar-refractivity contribution < 1.29 is 4.79 Å². The molecular weight excluding hydrogens is 312 g/mol. The van der Waals surface area contributed by atoms with Crippen LogP contribution >= 0.6 is 27.3 Å². The summed E-state index contributed by atoms with van der Waals surface area (Å²) in [6.45, 7) is 1.91. The smallest absolute Gasteiger partial charge is 0.226 e. The van der Waals surface area contributed by atoms with Gasteiger partial charge in [-0.15, -0.1) is 11.3 Å². The van der Waals surface area contributed by atoms with Crippen LogP contribution in [0, 0.1) is 6.92 Å². The largest absolute Gasteiger partial charge is 0.302 e. The van der Waals surface area contributed by atoms with Crippen LogP contribution in [0.3, 0.4) is 0 Å². The lowest BCUT2D eigenvalue weighted by Gasteiger charge is -2.02. The average Bonchev–Trinajstić information content (AvgIpc) is 2.72. The summed E-state index contributed by atoms with van der Waals surface area (Å²) in [6.07, 6.45) is 1.20. The third-order valence-electron chi connectivity index (χ3n) is 2.40. The van der Waals surface area contributed by atoms with Gasteiger partial charge in [0.05, 0.1) is 5.69 Å². The van der Waals surface area contributed by atoms with Crippen molar-refractivity contribution in [1.29, 1.82) is 0 Å². The molecule has 5 heteroatoms. The number of aryl methyl sites for hydroxylation is 2. The highest BCUT2D eigenvalue weighted by Crippen LogP contribution is 2.16. The molecule has 1 N–H and O–H groups in total. The topological polar surface area (TPSA) is 42.0 Å². The molecule has 0 radical (unpaired) electrons. The number of anilines is 1. The van der Waals surface area contributed by atoms with Crippen LogP contribution in [0.1, 0.15) is 17.7 Å². The Balaban J connectivity index is 1.85. The SMILES string of the molecule is Cc1csc(NC(=O)CCc2cccc(Br)c2)n1. The maximum Gasteiger partial charge on any atom is 0.226 e. The molecule has 0 spiro atoms. The summed E-state index contributed by atoms with van der Waals surface area (Å²) >= 11 is 4.87. The number of nitrogens with zero attached hydrogens (tertiary/aromatic N) is 1. The van der Waals surface area contributed by atoms with Crippen LogP contribution in [0.2, 0.25) is 0 Å². The van der Waals surface area contributed by atoms with Gasteiger partial charge in [0.1, 0.15) is 0 Å². The number of carbonyl (C=O) groups excluding carboxylic acids is 1. The third kappa shape index (κ3) is 3.92. The first-order valence-electron chi connectivity index (χ1n) is 5.60. The Morgan fingerprint density at radius 2 is 2.33 bits per heavy atom. The van der Waals surface area contributed by atoms with Gasteiger partial charge in [-0.2, -0.15) is 0 Å². The van der Waals surface area contributed by atoms with E-state index in [0.717, 1.165) is 22.2 Å². The molecule has 18 heavy (non-hydrogen) atoms. The Kier molecular flexibility index (Phi) is 4.49. The Bertz CT molecular complexity index is 553. The van der Waals surface area contributed by atoms with E-state index in [1.807, 2.05) is 36.6 Å². The fourth-order valence-electron chi connectivity index (χ4n) is 1.54. The predicted octanol–water partition coefficient (Wildman–Crippen LogP) is 3.79. The number of carbonyl (C=O) groups is 1. The monoisotopic (exact) mass is 324 g/mol. The van der Waals surface area contributed by atoms with Crippen molar-refractivity contribution in [1.82, 2.24) is 4.98 Å². The van der Waals surface area contributed by atoms with Crippen molar-refractivity contribution in [2.75, 3.05) is 5.32 Å². The Morgan fingerprint density at radius 1 is 1.50 bits per heavy atom. The molecule has 0 unspecified atom stereocenters. The van der Waals surface area contributed by atoms with Gasteiger partial charge in [-0.3, -0.25) is 4.79 Å². The minimum absolute atomic E-state index is 0.00401. The summed E-state index contributed by atoms with van der Waals surface area (Å²) in [5.74, 6) is 0.00401. The zero-order valence-electron chi connectivity index (χ0n) is 9.94. The molecule has 94 valence electrons. The zero-order chi connectivity index (χ0) is 13.0. The molecule has 0 saturated carbocycles. The summed E-state index contributed by atoms with van der Waals surface area (Å²) in [6, 6.07) is 8.00. The lowest BCUT2D eigenvalue weighted by molar-refractivity contribution is -0.116. The van der Waals surface area contributed by atoms with Gasteiger partial charge in [-0.1, -0.05) is 28.1 Å². The van der Waals surface area contributed by atoms with E-state index in [1.165, 1.54) is 11.3 Å². The van der Waals surface area contributed by atoms with Gasteiger partial charge in [0.2, 0.25) is 5.91 Å². The van der Waals surface area contributed by atoms with E-state index >= 15 is 0 Å². The minimum Gasteiger partial charge on any atom is -0.302 e. The molecule has 0 bridgehead atoms. The highest BCUT2D eigenvalue weighted by molar-refractivity contribution is 9.10. The summed E-state index contributed by atoms with van der Waals surface area (Å²) in [4.78, 5) is 15.9. The van der Waals surface area contributed by atoms with Crippen molar-refractivity contribution in [3.8, 4) is 0 Å². The third-order valence-corrected chi connectivity index (χ3v) is 3.76. The van der Waals surface area contributed by atoms with Crippen molar-refractivity contribution in [3.05, 3.63) is 45.4 Å². The molecule has 3 nitrogen and oxygen atoms in total. The molecule has 0 saturated heterocycles. The number of thiazole rings is 1. The van der Waals surface area contributed by atoms with Crippen LogP contribution < -0.4 is 5.32 Å². The van der Waals surface area contributed by atoms with Gasteiger partial charge in [-0.05, 0) is 31.0 Å². The molecule has 1 heterocycles. The quantitative estimate of drug-likeness (QED) is 0.929. The molecule has 0 aliphatic carbocycles. The fraction of sp³-hybridized carbons (Fsp3) is 0.231. The Hall–Kier alpha value is -1.20. The number of benzene rings is 1. The Morgan fingerprint density at radius 3 is 3.00 bits per heavy atom. The van der Waals surface area contributed by atoms with Crippen molar-refractivity contribution in [3.63, 3.8) is 0 Å². The summed E-state index contributed by atoms with van der Waals surface area (Å²) in [7, 11) is 0. The van der Waals surface area contributed by atoms with Gasteiger partial charge in [0.25, 0.3) is 0 Å². The van der Waals surface area contributed by atoms with Gasteiger partial charge in [0.15, 0.2) is 5.13 Å². The van der Waals surface area contributed by atoms with Crippen molar-refractivity contribution in [2.24, 2.45) is 0 Å². The number of amides is 1. The average molecular weight is 325 g/mol. The Labute approximate surface area is 118 Å². The van der Waals surface area contributed by atoms with Gasteiger partial charge < -0.3 is 5.32 Å². The van der Waals surface area contributed by atoms with E-state index in [4.69, 9.17) is 0 Å². The molecule has 2 rings (SSSR count). The lowest BCUT2D eigenvalue weighted by atomic mass is 10.1. The van der Waals surface area contributed by atoms with E-state index in [0.29, 0.717) is 11.6 Å². The van der Waals surface area contributed by atoms with Crippen LogP contribution in [0.15, 0.2) is 34.1 Å². The molecule has 0 aliphatic rings. The molecule has 0 atom stereocenters. The van der Waals surface area contributed by atoms with Crippen LogP contribution in [0.5, 0.6) is 0 Å². The second kappa shape index (κ2) is 6.11. The molecule has 0 aliphatic heterocycles. The van der Waals surface area contributed by atoms with Crippen LogP contribution in [-0.2, 0) is 11.2 Å². The van der Waals surface area contributed by atoms with E-state index in [-0.39, 0.29) is 5.91 Å². The summed E-state index contributed by atoms with van der Waals surface area (Å²) < 4.78 is 1.04. The maximum atomic E-state index is 11.7. The number of rotatable bonds is 4. The van der Waals surface area contributed by atoms with Crippen LogP contribution in [0.4, 0.5) is 5.13 Å². The zero-order valence-corrected chi connectivity index (χ0v) is 12.3. The van der Waals surface area contributed by atoms with E-state index in [9.17, 15) is 4.79 Å². The van der Waals surface area contributed by atoms with Crippen molar-refractivity contribution >= 4 is 38.3 Å². The molecule has 1 aromatic carbocycles. The maximum absolute atomic E-state index is 11.7. The summed E-state index contributed by atoms with van der Waals surface area (Å²) in [5.41, 5.74) is 2.08. The fourth-order valence-corrected chi connectivity index (χ4v) is 2.69. The number of nitrogens with one attached hydrogen (secondary N) is 1. The number of hydrogen-bond acceptors (Lipinski definition) is 3. The highest BCUT2D eigenvalue weighted by Gasteiger charge is 2.05. The number of hydrogen-bond donors (Lipinski definition) is 1. The first kappa shape index (κ1) is 13.2. The second-order valence-corrected chi connectivity index (χ2v) is 5.75. The van der Waals surface area contributed by atoms with Gasteiger partial charge in [-0.25, -0.2) is 4.98 Å². The van der Waals surface area contributed by atoms with Gasteiger partial charge >= 0.3 is 0 Å². The molecular formula is C13H13BrN2OS. The van der Waals surface area contributed by atoms with E-state index in [1.54, 1.807) is 0 Å². The molecule has 0 fully saturated rings. The first-order chi connectivity index (χ1) is 8.63. The molecule has 1 amide bonds. The normalized spacial score (nSPS) is 10.3. The predicted molar refractivity (Wildman–Crippen MR) is 77.9 cm³/mol. The van der Waals surface area contributed by atoms with E-state index < -0.39 is 0 Å². The number of aromatic nitrogens is 1. The number of halogens is 1. The molecule has 1 aromatic heterocycles. The standard InChI is InChI=1S/C13H13BrN2OS/c1-9-8-18-13(15-9)16-12(17)6-5-10-3-2-4-11(14)7-10/h2-4,7-8H,5-6H2,1H3,(H,15,16,17).